The van der Waals surface area contributed by atoms with Gasteiger partial charge in [-0.25, -0.2) is 0 Å². The van der Waals surface area contributed by atoms with E-state index in [0.29, 0.717) is 42.9 Å². The van der Waals surface area contributed by atoms with Gasteiger partial charge in [-0.05, 0) is 29.2 Å². The second kappa shape index (κ2) is 12.2. The van der Waals surface area contributed by atoms with Gasteiger partial charge in [0, 0.05) is 63.2 Å². The number of carbonyl (C=O) groups is 2. The van der Waals surface area contributed by atoms with Crippen molar-refractivity contribution in [2.24, 2.45) is 4.99 Å². The predicted octanol–water partition coefficient (Wildman–Crippen LogP) is 4.10. The largest absolute Gasteiger partial charge is 0.511 e. The molecule has 2 aliphatic rings. The van der Waals surface area contributed by atoms with Gasteiger partial charge in [0.25, 0.3) is 0 Å². The number of benzene rings is 2. The van der Waals surface area contributed by atoms with Crippen molar-refractivity contribution in [3.8, 4) is 0 Å². The van der Waals surface area contributed by atoms with Crippen molar-refractivity contribution in [1.29, 1.82) is 0 Å². The number of ketones is 2. The summed E-state index contributed by atoms with van der Waals surface area (Å²) < 4.78 is 0. The number of hydrogen-bond acceptors (Lipinski definition) is 6. The van der Waals surface area contributed by atoms with Gasteiger partial charge in [0.15, 0.2) is 11.6 Å². The molecule has 0 radical (unpaired) electrons. The van der Waals surface area contributed by atoms with Crippen LogP contribution in [-0.2, 0) is 16.0 Å². The third-order valence-electron chi connectivity index (χ3n) is 6.70. The number of halogens is 1. The molecule has 1 heterocycles. The Morgan fingerprint density at radius 2 is 1.69 bits per heavy atom. The summed E-state index contributed by atoms with van der Waals surface area (Å²) in [5, 5.41) is 11.1. The molecule has 184 valence electrons. The monoisotopic (exact) mass is 493 g/mol. The van der Waals surface area contributed by atoms with Crippen LogP contribution in [0.15, 0.2) is 70.9 Å². The van der Waals surface area contributed by atoms with Crippen LogP contribution < -0.4 is 0 Å². The Kier molecular flexibility index (Phi) is 8.85. The number of nitrogens with zero attached hydrogens (tertiary/aromatic N) is 3. The summed E-state index contributed by atoms with van der Waals surface area (Å²) in [5.74, 6) is 0.319. The zero-order valence-electron chi connectivity index (χ0n) is 19.9. The van der Waals surface area contributed by atoms with E-state index in [4.69, 9.17) is 11.6 Å². The molecule has 1 fully saturated rings. The van der Waals surface area contributed by atoms with E-state index in [1.165, 1.54) is 0 Å². The fourth-order valence-electron chi connectivity index (χ4n) is 4.68. The van der Waals surface area contributed by atoms with Gasteiger partial charge < -0.3 is 5.11 Å². The van der Waals surface area contributed by atoms with Gasteiger partial charge in [-0.3, -0.25) is 24.4 Å². The molecule has 1 unspecified atom stereocenters. The van der Waals surface area contributed by atoms with E-state index in [2.05, 4.69) is 14.8 Å². The smallest absolute Gasteiger partial charge is 0.168 e. The highest BCUT2D eigenvalue weighted by Gasteiger charge is 2.27. The topological polar surface area (TPSA) is 73.2 Å². The molecule has 0 spiro atoms. The van der Waals surface area contributed by atoms with Gasteiger partial charge in [0.05, 0.1) is 18.7 Å². The minimum absolute atomic E-state index is 0.0233. The number of hydrogen-bond donors (Lipinski definition) is 1. The summed E-state index contributed by atoms with van der Waals surface area (Å²) in [7, 11) is 0. The van der Waals surface area contributed by atoms with Gasteiger partial charge in [0.2, 0.25) is 0 Å². The van der Waals surface area contributed by atoms with Gasteiger partial charge in [0.1, 0.15) is 5.76 Å². The average Bonchev–Trinajstić information content (AvgIpc) is 2.86. The molecular formula is C28H32ClN3O3. The Morgan fingerprint density at radius 3 is 2.37 bits per heavy atom. The Balaban J connectivity index is 1.17. The van der Waals surface area contributed by atoms with Crippen molar-refractivity contribution >= 4 is 29.4 Å². The highest BCUT2D eigenvalue weighted by atomic mass is 35.5. The maximum Gasteiger partial charge on any atom is 0.168 e. The van der Waals surface area contributed by atoms with Crippen molar-refractivity contribution in [3.05, 3.63) is 82.1 Å². The number of piperazine rings is 1. The maximum absolute atomic E-state index is 12.6. The molecule has 0 aromatic heterocycles. The Labute approximate surface area is 211 Å². The first-order valence-electron chi connectivity index (χ1n) is 12.2. The van der Waals surface area contributed by atoms with Crippen molar-refractivity contribution < 1.29 is 14.7 Å². The van der Waals surface area contributed by atoms with Crippen LogP contribution in [0.3, 0.4) is 0 Å². The van der Waals surface area contributed by atoms with Gasteiger partial charge in [-0.2, -0.15) is 0 Å². The van der Waals surface area contributed by atoms with Crippen LogP contribution in [0, 0.1) is 0 Å². The highest BCUT2D eigenvalue weighted by molar-refractivity contribution is 6.30. The van der Waals surface area contributed by atoms with Gasteiger partial charge >= 0.3 is 0 Å². The summed E-state index contributed by atoms with van der Waals surface area (Å²) in [6.07, 6.45) is 2.84. The molecule has 1 saturated heterocycles. The van der Waals surface area contributed by atoms with E-state index in [1.54, 1.807) is 6.21 Å². The third kappa shape index (κ3) is 7.34. The second-order valence-electron chi connectivity index (χ2n) is 9.29. The fourth-order valence-corrected chi connectivity index (χ4v) is 4.80. The SMILES string of the molecule is O=C(Cc1ccc(Cl)cc1)CN1CCN(CCN=CC2=C(O)CC(c3ccccc3)CC2=O)CC1. The summed E-state index contributed by atoms with van der Waals surface area (Å²) in [4.78, 5) is 33.9. The van der Waals surface area contributed by atoms with Crippen LogP contribution in [0.1, 0.15) is 29.9 Å². The second-order valence-corrected chi connectivity index (χ2v) is 9.73. The number of Topliss-reactive ketones (excluding diaryl/α,β-unsaturated/α-hetero) is 2. The molecule has 35 heavy (non-hydrogen) atoms. The quantitative estimate of drug-likeness (QED) is 0.532. The molecule has 2 aromatic rings. The normalized spacial score (nSPS) is 20.0. The van der Waals surface area contributed by atoms with E-state index < -0.39 is 0 Å². The standard InChI is InChI=1S/C28H32ClN3O3/c29-24-8-6-21(7-9-24)16-25(33)20-32-14-12-31(13-15-32)11-10-30-19-26-27(34)17-23(18-28(26)35)22-4-2-1-3-5-22/h1-9,19,23,34H,10-18,20H2. The van der Waals surface area contributed by atoms with Crippen LogP contribution in [0.25, 0.3) is 0 Å². The average molecular weight is 494 g/mol. The summed E-state index contributed by atoms with van der Waals surface area (Å²) in [6.45, 7) is 5.29. The highest BCUT2D eigenvalue weighted by Crippen LogP contribution is 2.32. The molecule has 1 N–H and O–H groups in total. The first kappa shape index (κ1) is 25.3. The summed E-state index contributed by atoms with van der Waals surface area (Å²) in [5.41, 5.74) is 2.42. The van der Waals surface area contributed by atoms with E-state index >= 15 is 0 Å². The molecule has 1 aliphatic heterocycles. The van der Waals surface area contributed by atoms with Crippen LogP contribution in [0.4, 0.5) is 0 Å². The molecule has 0 bridgehead atoms. The van der Waals surface area contributed by atoms with Crippen molar-refractivity contribution in [2.75, 3.05) is 45.8 Å². The summed E-state index contributed by atoms with van der Waals surface area (Å²) >= 11 is 5.91. The van der Waals surface area contributed by atoms with Gasteiger partial charge in [-0.15, -0.1) is 0 Å². The fraction of sp³-hybridized carbons (Fsp3) is 0.393. The van der Waals surface area contributed by atoms with E-state index in [0.717, 1.165) is 43.9 Å². The number of aliphatic imine (C=N–C) groups is 1. The zero-order chi connectivity index (χ0) is 24.6. The number of aliphatic hydroxyl groups is 1. The predicted molar refractivity (Wildman–Crippen MR) is 139 cm³/mol. The lowest BCUT2D eigenvalue weighted by Crippen LogP contribution is -2.48. The molecule has 4 rings (SSSR count). The lowest BCUT2D eigenvalue weighted by Gasteiger charge is -2.34. The first-order chi connectivity index (χ1) is 17.0. The Bertz CT molecular complexity index is 1070. The van der Waals surface area contributed by atoms with Crippen LogP contribution in [-0.4, -0.2) is 78.5 Å². The van der Waals surface area contributed by atoms with Crippen LogP contribution in [0.2, 0.25) is 5.02 Å². The molecular weight excluding hydrogens is 462 g/mol. The number of rotatable bonds is 9. The Hall–Kier alpha value is -2.80. The van der Waals surface area contributed by atoms with Crippen molar-refractivity contribution in [2.45, 2.75) is 25.2 Å². The minimum Gasteiger partial charge on any atom is -0.511 e. The summed E-state index contributed by atoms with van der Waals surface area (Å²) in [6, 6.07) is 17.3. The Morgan fingerprint density at radius 1 is 1.00 bits per heavy atom. The van der Waals surface area contributed by atoms with E-state index in [1.807, 2.05) is 54.6 Å². The number of allylic oxidation sites excluding steroid dienone is 2. The van der Waals surface area contributed by atoms with Crippen molar-refractivity contribution in [1.82, 2.24) is 9.80 Å². The molecule has 2 aromatic carbocycles. The molecule has 1 aliphatic carbocycles. The van der Waals surface area contributed by atoms with Crippen LogP contribution >= 0.6 is 11.6 Å². The first-order valence-corrected chi connectivity index (χ1v) is 12.6. The van der Waals surface area contributed by atoms with E-state index in [9.17, 15) is 14.7 Å². The molecule has 0 amide bonds. The molecule has 7 heteroatoms. The minimum atomic E-state index is -0.0526. The van der Waals surface area contributed by atoms with Crippen LogP contribution in [0.5, 0.6) is 0 Å². The van der Waals surface area contributed by atoms with E-state index in [-0.39, 0.29) is 23.2 Å². The third-order valence-corrected chi connectivity index (χ3v) is 6.95. The number of aliphatic hydroxyl groups excluding tert-OH is 1. The van der Waals surface area contributed by atoms with Crippen molar-refractivity contribution in [3.63, 3.8) is 0 Å². The molecule has 0 saturated carbocycles. The maximum atomic E-state index is 12.6. The number of carbonyl (C=O) groups excluding carboxylic acids is 2. The zero-order valence-corrected chi connectivity index (χ0v) is 20.7. The lowest BCUT2D eigenvalue weighted by molar-refractivity contribution is -0.120. The van der Waals surface area contributed by atoms with Gasteiger partial charge in [-0.1, -0.05) is 54.1 Å². The lowest BCUT2D eigenvalue weighted by atomic mass is 9.83. The molecule has 6 nitrogen and oxygen atoms in total. The molecule has 1 atom stereocenters.